The highest BCUT2D eigenvalue weighted by Gasteiger charge is 2.16. The minimum absolute atomic E-state index is 0.0807. The number of hydrogen-bond donors (Lipinski definition) is 1. The van der Waals surface area contributed by atoms with Gasteiger partial charge in [0, 0.05) is 11.6 Å². The van der Waals surface area contributed by atoms with E-state index in [-0.39, 0.29) is 10.9 Å². The Morgan fingerprint density at radius 1 is 1.04 bits per heavy atom. The van der Waals surface area contributed by atoms with Crippen LogP contribution in [0.3, 0.4) is 0 Å². The number of rotatable bonds is 6. The number of methoxy groups -OCH3 is 1. The highest BCUT2D eigenvalue weighted by atomic mass is 32.2. The van der Waals surface area contributed by atoms with Gasteiger partial charge in [-0.05, 0) is 38.1 Å². The molecule has 0 saturated heterocycles. The summed E-state index contributed by atoms with van der Waals surface area (Å²) in [5.41, 5.74) is 1.23. The number of nitrogens with one attached hydrogen (secondary N) is 1. The van der Waals surface area contributed by atoms with Gasteiger partial charge in [-0.2, -0.15) is 0 Å². The van der Waals surface area contributed by atoms with E-state index < -0.39 is 9.84 Å². The molecular formula is C18H21NO3S. The molecule has 0 aliphatic rings. The van der Waals surface area contributed by atoms with Gasteiger partial charge in [-0.3, -0.25) is 0 Å². The van der Waals surface area contributed by atoms with Crippen molar-refractivity contribution in [3.8, 4) is 5.75 Å². The fraction of sp³-hybridized carbons (Fsp3) is 0.222. The first-order valence-electron chi connectivity index (χ1n) is 7.36. The fourth-order valence-corrected chi connectivity index (χ4v) is 3.36. The largest absolute Gasteiger partial charge is 0.496 e. The summed E-state index contributed by atoms with van der Waals surface area (Å²) in [4.78, 5) is 0.262. The summed E-state index contributed by atoms with van der Waals surface area (Å²) in [5, 5.41) is 4.46. The van der Waals surface area contributed by atoms with Gasteiger partial charge in [-0.15, -0.1) is 0 Å². The second kappa shape index (κ2) is 7.33. The Kier molecular flexibility index (Phi) is 5.45. The Morgan fingerprint density at radius 3 is 2.26 bits per heavy atom. The lowest BCUT2D eigenvalue weighted by molar-refractivity contribution is 0.413. The maximum absolute atomic E-state index is 12.6. The van der Waals surface area contributed by atoms with Gasteiger partial charge in [0.05, 0.1) is 23.1 Å². The van der Waals surface area contributed by atoms with Crippen molar-refractivity contribution >= 4 is 15.5 Å². The molecule has 1 N–H and O–H groups in total. The SMILES string of the molecule is COc1ccccc1/C(=C/S(=O)(=O)c1ccccc1)NC(C)C. The molecule has 4 nitrogen and oxygen atoms in total. The van der Waals surface area contributed by atoms with Crippen molar-refractivity contribution in [3.63, 3.8) is 0 Å². The van der Waals surface area contributed by atoms with Gasteiger partial charge in [-0.1, -0.05) is 30.3 Å². The number of para-hydroxylation sites is 1. The first-order chi connectivity index (χ1) is 10.9. The molecule has 0 heterocycles. The number of benzene rings is 2. The molecule has 0 spiro atoms. The third-order valence-corrected chi connectivity index (χ3v) is 4.66. The first kappa shape index (κ1) is 17.1. The van der Waals surface area contributed by atoms with Crippen molar-refractivity contribution in [2.24, 2.45) is 0 Å². The molecule has 23 heavy (non-hydrogen) atoms. The highest BCUT2D eigenvalue weighted by molar-refractivity contribution is 7.94. The predicted molar refractivity (Wildman–Crippen MR) is 92.9 cm³/mol. The van der Waals surface area contributed by atoms with E-state index in [1.165, 1.54) is 5.41 Å². The molecule has 2 aromatic carbocycles. The van der Waals surface area contributed by atoms with Crippen LogP contribution >= 0.6 is 0 Å². The standard InChI is InChI=1S/C18H21NO3S/c1-14(2)19-17(16-11-7-8-12-18(16)22-3)13-23(20,21)15-9-5-4-6-10-15/h4-14,19H,1-3H3/b17-13-. The van der Waals surface area contributed by atoms with Crippen molar-refractivity contribution in [2.45, 2.75) is 24.8 Å². The lowest BCUT2D eigenvalue weighted by atomic mass is 10.1. The van der Waals surface area contributed by atoms with Gasteiger partial charge in [0.1, 0.15) is 5.75 Å². The van der Waals surface area contributed by atoms with Crippen molar-refractivity contribution in [1.29, 1.82) is 0 Å². The molecule has 0 atom stereocenters. The van der Waals surface area contributed by atoms with Crippen LogP contribution in [-0.2, 0) is 9.84 Å². The topological polar surface area (TPSA) is 55.4 Å². The Morgan fingerprint density at radius 2 is 1.65 bits per heavy atom. The zero-order valence-electron chi connectivity index (χ0n) is 13.5. The molecule has 0 aromatic heterocycles. The maximum Gasteiger partial charge on any atom is 0.201 e. The molecule has 2 rings (SSSR count). The molecule has 2 aromatic rings. The van der Waals surface area contributed by atoms with Gasteiger partial charge in [-0.25, -0.2) is 8.42 Å². The number of hydrogen-bond acceptors (Lipinski definition) is 4. The molecular weight excluding hydrogens is 310 g/mol. The van der Waals surface area contributed by atoms with Gasteiger partial charge < -0.3 is 10.1 Å². The molecule has 0 bridgehead atoms. The highest BCUT2D eigenvalue weighted by Crippen LogP contribution is 2.26. The summed E-state index contributed by atoms with van der Waals surface area (Å²) in [6.07, 6.45) is 0. The van der Waals surface area contributed by atoms with E-state index in [0.29, 0.717) is 17.0 Å². The van der Waals surface area contributed by atoms with Gasteiger partial charge in [0.25, 0.3) is 0 Å². The van der Waals surface area contributed by atoms with Crippen LogP contribution in [0.5, 0.6) is 5.75 Å². The molecule has 0 aliphatic heterocycles. The Labute approximate surface area is 137 Å². The zero-order chi connectivity index (χ0) is 16.9. The Hall–Kier alpha value is -2.27. The Balaban J connectivity index is 2.55. The van der Waals surface area contributed by atoms with Crippen molar-refractivity contribution in [2.75, 3.05) is 7.11 Å². The number of sulfone groups is 1. The first-order valence-corrected chi connectivity index (χ1v) is 8.90. The van der Waals surface area contributed by atoms with Crippen LogP contribution in [0.1, 0.15) is 19.4 Å². The lowest BCUT2D eigenvalue weighted by Gasteiger charge is -2.17. The third kappa shape index (κ3) is 4.36. The second-order valence-corrected chi connectivity index (χ2v) is 7.19. The second-order valence-electron chi connectivity index (χ2n) is 5.39. The summed E-state index contributed by atoms with van der Waals surface area (Å²) < 4.78 is 30.6. The van der Waals surface area contributed by atoms with Crippen molar-refractivity contribution < 1.29 is 13.2 Å². The van der Waals surface area contributed by atoms with Crippen molar-refractivity contribution in [3.05, 3.63) is 65.6 Å². The molecule has 0 amide bonds. The third-order valence-electron chi connectivity index (χ3n) is 3.19. The van der Waals surface area contributed by atoms with Crippen LogP contribution in [0.2, 0.25) is 0 Å². The Bertz CT molecular complexity index is 781. The summed E-state index contributed by atoms with van der Waals surface area (Å²) in [6.45, 7) is 3.91. The molecule has 0 unspecified atom stereocenters. The molecule has 0 aliphatic carbocycles. The van der Waals surface area contributed by atoms with Crippen LogP contribution in [0.4, 0.5) is 0 Å². The molecule has 5 heteroatoms. The van der Waals surface area contributed by atoms with Crippen LogP contribution in [-0.4, -0.2) is 21.6 Å². The van der Waals surface area contributed by atoms with Gasteiger partial charge in [0.2, 0.25) is 9.84 Å². The maximum atomic E-state index is 12.6. The summed E-state index contributed by atoms with van der Waals surface area (Å²) >= 11 is 0. The minimum atomic E-state index is -3.56. The summed E-state index contributed by atoms with van der Waals surface area (Å²) in [7, 11) is -1.99. The quantitative estimate of drug-likeness (QED) is 0.881. The normalized spacial score (nSPS) is 12.3. The molecule has 0 saturated carbocycles. The lowest BCUT2D eigenvalue weighted by Crippen LogP contribution is -2.22. The average Bonchev–Trinajstić information content (AvgIpc) is 2.54. The van der Waals surface area contributed by atoms with Crippen molar-refractivity contribution in [1.82, 2.24) is 5.32 Å². The minimum Gasteiger partial charge on any atom is -0.496 e. The van der Waals surface area contributed by atoms with Crippen LogP contribution < -0.4 is 10.1 Å². The van der Waals surface area contributed by atoms with E-state index in [0.717, 1.165) is 0 Å². The fourth-order valence-electron chi connectivity index (χ4n) is 2.19. The summed E-state index contributed by atoms with van der Waals surface area (Å²) in [6, 6.07) is 15.8. The summed E-state index contributed by atoms with van der Waals surface area (Å²) in [5.74, 6) is 0.621. The molecule has 122 valence electrons. The van der Waals surface area contributed by atoms with E-state index in [1.54, 1.807) is 43.5 Å². The smallest absolute Gasteiger partial charge is 0.201 e. The number of ether oxygens (including phenoxy) is 1. The van der Waals surface area contributed by atoms with E-state index in [2.05, 4.69) is 5.32 Å². The van der Waals surface area contributed by atoms with Gasteiger partial charge >= 0.3 is 0 Å². The monoisotopic (exact) mass is 331 g/mol. The molecule has 0 fully saturated rings. The average molecular weight is 331 g/mol. The zero-order valence-corrected chi connectivity index (χ0v) is 14.3. The van der Waals surface area contributed by atoms with Gasteiger partial charge in [0.15, 0.2) is 0 Å². The van der Waals surface area contributed by atoms with Crippen LogP contribution in [0, 0.1) is 0 Å². The van der Waals surface area contributed by atoms with E-state index in [4.69, 9.17) is 4.74 Å². The van der Waals surface area contributed by atoms with Crippen LogP contribution in [0.15, 0.2) is 64.9 Å². The van der Waals surface area contributed by atoms with E-state index in [9.17, 15) is 8.42 Å². The van der Waals surface area contributed by atoms with Crippen LogP contribution in [0.25, 0.3) is 5.70 Å². The van der Waals surface area contributed by atoms with E-state index >= 15 is 0 Å². The molecule has 0 radical (unpaired) electrons. The predicted octanol–water partition coefficient (Wildman–Crippen LogP) is 3.47. The van der Waals surface area contributed by atoms with E-state index in [1.807, 2.05) is 32.0 Å².